The molecule has 124 valence electrons. The lowest BCUT2D eigenvalue weighted by atomic mass is 10.2. The number of hydrogen-bond donors (Lipinski definition) is 2. The van der Waals surface area contributed by atoms with Gasteiger partial charge in [-0.25, -0.2) is 0 Å². The van der Waals surface area contributed by atoms with Crippen molar-refractivity contribution in [2.75, 3.05) is 0 Å². The van der Waals surface area contributed by atoms with Gasteiger partial charge in [-0.1, -0.05) is 0 Å². The van der Waals surface area contributed by atoms with Gasteiger partial charge in [-0.15, -0.1) is 11.3 Å². The van der Waals surface area contributed by atoms with E-state index < -0.39 is 12.0 Å². The van der Waals surface area contributed by atoms with Crippen LogP contribution in [0.2, 0.25) is 0 Å². The molecule has 3 aromatic rings. The second-order valence-electron chi connectivity index (χ2n) is 5.24. The highest BCUT2D eigenvalue weighted by Crippen LogP contribution is 2.28. The Hall–Kier alpha value is -2.64. The van der Waals surface area contributed by atoms with Crippen LogP contribution >= 0.6 is 11.3 Å². The lowest BCUT2D eigenvalue weighted by molar-refractivity contribution is 0.0949. The van der Waals surface area contributed by atoms with Crippen molar-refractivity contribution in [2.45, 2.75) is 12.6 Å². The molecule has 0 fully saturated rings. The minimum Gasteiger partial charge on any atom is -0.466 e. The van der Waals surface area contributed by atoms with E-state index in [4.69, 9.17) is 4.42 Å². The van der Waals surface area contributed by atoms with Crippen molar-refractivity contribution in [1.82, 2.24) is 9.88 Å². The lowest BCUT2D eigenvalue weighted by Crippen LogP contribution is -2.31. The minimum atomic E-state index is -0.823. The number of aliphatic hydroxyl groups excluding tert-OH is 1. The summed E-state index contributed by atoms with van der Waals surface area (Å²) in [7, 11) is 1.60. The topological polar surface area (TPSA) is 84.5 Å². The monoisotopic (exact) mass is 344 g/mol. The van der Waals surface area contributed by atoms with E-state index in [1.54, 1.807) is 37.5 Å². The Morgan fingerprint density at radius 1 is 1.33 bits per heavy atom. The molecule has 0 radical (unpaired) electrons. The van der Waals surface area contributed by atoms with Crippen LogP contribution < -0.4 is 10.9 Å². The maximum absolute atomic E-state index is 12.1. The van der Waals surface area contributed by atoms with Crippen LogP contribution in [0.1, 0.15) is 32.0 Å². The standard InChI is InChI=1S/C17H16N2O4S/c1-19-8-2-4-12(17(19)22)16(21)18-10-11-6-7-14(24-11)15(20)13-5-3-9-23-13/h2-9,15,20H,10H2,1H3,(H,18,21). The van der Waals surface area contributed by atoms with Crippen LogP contribution in [0.5, 0.6) is 0 Å². The van der Waals surface area contributed by atoms with Crippen molar-refractivity contribution in [3.05, 3.63) is 80.3 Å². The molecule has 24 heavy (non-hydrogen) atoms. The molecule has 3 rings (SSSR count). The maximum Gasteiger partial charge on any atom is 0.263 e. The number of carbonyl (C=O) groups excluding carboxylic acids is 1. The van der Waals surface area contributed by atoms with E-state index in [0.29, 0.717) is 5.76 Å². The number of pyridine rings is 1. The number of aliphatic hydroxyl groups is 1. The molecule has 0 spiro atoms. The second-order valence-corrected chi connectivity index (χ2v) is 6.44. The van der Waals surface area contributed by atoms with E-state index in [0.717, 1.165) is 9.75 Å². The zero-order valence-corrected chi connectivity index (χ0v) is 13.7. The van der Waals surface area contributed by atoms with Crippen LogP contribution in [-0.4, -0.2) is 15.6 Å². The minimum absolute atomic E-state index is 0.104. The number of rotatable bonds is 5. The van der Waals surface area contributed by atoms with Gasteiger partial charge in [0.2, 0.25) is 0 Å². The number of carbonyl (C=O) groups is 1. The maximum atomic E-state index is 12.1. The van der Waals surface area contributed by atoms with Gasteiger partial charge in [-0.05, 0) is 36.4 Å². The third-order valence-corrected chi connectivity index (χ3v) is 4.69. The van der Waals surface area contributed by atoms with Gasteiger partial charge in [0.15, 0.2) is 0 Å². The highest BCUT2D eigenvalue weighted by molar-refractivity contribution is 7.12. The number of aryl methyl sites for hydroxylation is 1. The van der Waals surface area contributed by atoms with Crippen molar-refractivity contribution in [1.29, 1.82) is 0 Å². The Morgan fingerprint density at radius 2 is 2.17 bits per heavy atom. The molecule has 0 aliphatic carbocycles. The van der Waals surface area contributed by atoms with Crippen LogP contribution in [0, 0.1) is 0 Å². The van der Waals surface area contributed by atoms with Gasteiger partial charge < -0.3 is 19.4 Å². The fourth-order valence-corrected chi connectivity index (χ4v) is 3.20. The molecule has 3 heterocycles. The molecule has 3 aromatic heterocycles. The largest absolute Gasteiger partial charge is 0.466 e. The highest BCUT2D eigenvalue weighted by atomic mass is 32.1. The Bertz CT molecular complexity index is 895. The van der Waals surface area contributed by atoms with Crippen molar-refractivity contribution in [3.63, 3.8) is 0 Å². The zero-order valence-electron chi connectivity index (χ0n) is 12.9. The van der Waals surface area contributed by atoms with E-state index in [1.807, 2.05) is 6.07 Å². The predicted octanol–water partition coefficient (Wildman–Crippen LogP) is 2.05. The number of nitrogens with one attached hydrogen (secondary N) is 1. The van der Waals surface area contributed by atoms with Gasteiger partial charge in [0.1, 0.15) is 17.4 Å². The number of nitrogens with zero attached hydrogens (tertiary/aromatic N) is 1. The van der Waals surface area contributed by atoms with E-state index >= 15 is 0 Å². The normalized spacial score (nSPS) is 12.1. The third kappa shape index (κ3) is 3.32. The van der Waals surface area contributed by atoms with Crippen LogP contribution in [-0.2, 0) is 13.6 Å². The van der Waals surface area contributed by atoms with Crippen LogP contribution in [0.4, 0.5) is 0 Å². The van der Waals surface area contributed by atoms with Crippen molar-refractivity contribution < 1.29 is 14.3 Å². The first-order chi connectivity index (χ1) is 11.6. The summed E-state index contributed by atoms with van der Waals surface area (Å²) in [6.45, 7) is 0.284. The van der Waals surface area contributed by atoms with E-state index in [1.165, 1.54) is 28.2 Å². The molecular formula is C17H16N2O4S. The molecule has 1 atom stereocenters. The molecular weight excluding hydrogens is 328 g/mol. The molecule has 0 saturated heterocycles. The summed E-state index contributed by atoms with van der Waals surface area (Å²) in [6, 6.07) is 10.2. The first-order valence-corrected chi connectivity index (χ1v) is 8.12. The van der Waals surface area contributed by atoms with Gasteiger partial charge in [0.25, 0.3) is 11.5 Å². The summed E-state index contributed by atoms with van der Waals surface area (Å²) in [5, 5.41) is 12.9. The number of furan rings is 1. The number of hydrogen-bond acceptors (Lipinski definition) is 5. The van der Waals surface area contributed by atoms with Gasteiger partial charge in [-0.3, -0.25) is 9.59 Å². The van der Waals surface area contributed by atoms with E-state index in [9.17, 15) is 14.7 Å². The van der Waals surface area contributed by atoms with Gasteiger partial charge in [0.05, 0.1) is 12.8 Å². The fourth-order valence-electron chi connectivity index (χ4n) is 2.26. The molecule has 1 unspecified atom stereocenters. The number of amides is 1. The summed E-state index contributed by atoms with van der Waals surface area (Å²) >= 11 is 1.38. The molecule has 2 N–H and O–H groups in total. The summed E-state index contributed by atoms with van der Waals surface area (Å²) < 4.78 is 6.55. The average Bonchev–Trinajstić information content (AvgIpc) is 3.26. The Kier molecular flexibility index (Phi) is 4.64. The summed E-state index contributed by atoms with van der Waals surface area (Å²) in [5.41, 5.74) is -0.234. The van der Waals surface area contributed by atoms with Gasteiger partial charge in [-0.2, -0.15) is 0 Å². The van der Waals surface area contributed by atoms with Crippen LogP contribution in [0.3, 0.4) is 0 Å². The molecule has 0 bridgehead atoms. The quantitative estimate of drug-likeness (QED) is 0.742. The second kappa shape index (κ2) is 6.86. The third-order valence-electron chi connectivity index (χ3n) is 3.56. The first-order valence-electron chi connectivity index (χ1n) is 7.30. The van der Waals surface area contributed by atoms with E-state index in [-0.39, 0.29) is 17.7 Å². The number of aromatic nitrogens is 1. The van der Waals surface area contributed by atoms with Crippen molar-refractivity contribution in [3.8, 4) is 0 Å². The van der Waals surface area contributed by atoms with E-state index in [2.05, 4.69) is 5.32 Å². The summed E-state index contributed by atoms with van der Waals surface area (Å²) in [4.78, 5) is 25.6. The smallest absolute Gasteiger partial charge is 0.263 e. The SMILES string of the molecule is Cn1cccc(C(=O)NCc2ccc(C(O)c3ccco3)s2)c1=O. The molecule has 7 heteroatoms. The van der Waals surface area contributed by atoms with Gasteiger partial charge in [0, 0.05) is 23.0 Å². The summed E-state index contributed by atoms with van der Waals surface area (Å²) in [5.74, 6) is 0.0537. The molecule has 0 aromatic carbocycles. The Balaban J connectivity index is 1.66. The molecule has 0 aliphatic rings. The average molecular weight is 344 g/mol. The van der Waals surface area contributed by atoms with Crippen LogP contribution in [0.25, 0.3) is 0 Å². The van der Waals surface area contributed by atoms with Crippen LogP contribution in [0.15, 0.2) is 58.1 Å². The number of thiophene rings is 1. The zero-order chi connectivity index (χ0) is 17.1. The van der Waals surface area contributed by atoms with Gasteiger partial charge >= 0.3 is 0 Å². The predicted molar refractivity (Wildman–Crippen MR) is 89.9 cm³/mol. The fraction of sp³-hybridized carbons (Fsp3) is 0.176. The Labute approximate surface area is 142 Å². The van der Waals surface area contributed by atoms with Crippen molar-refractivity contribution in [2.24, 2.45) is 7.05 Å². The molecule has 0 aliphatic heterocycles. The Morgan fingerprint density at radius 3 is 2.92 bits per heavy atom. The summed E-state index contributed by atoms with van der Waals surface area (Å²) in [6.07, 6.45) is 2.28. The highest BCUT2D eigenvalue weighted by Gasteiger charge is 2.16. The lowest BCUT2D eigenvalue weighted by Gasteiger charge is -2.05. The molecule has 0 saturated carbocycles. The molecule has 6 nitrogen and oxygen atoms in total. The van der Waals surface area contributed by atoms with Crippen molar-refractivity contribution >= 4 is 17.2 Å². The first kappa shape index (κ1) is 16.2. The molecule has 1 amide bonds.